The van der Waals surface area contributed by atoms with Gasteiger partial charge in [-0.25, -0.2) is 9.69 Å². The van der Waals surface area contributed by atoms with Crippen LogP contribution in [-0.2, 0) is 17.6 Å². The van der Waals surface area contributed by atoms with Gasteiger partial charge in [-0.05, 0) is 48.9 Å². The molecule has 0 N–H and O–H groups in total. The highest BCUT2D eigenvalue weighted by molar-refractivity contribution is 7.14. The van der Waals surface area contributed by atoms with Gasteiger partial charge in [0.05, 0.1) is 11.1 Å². The van der Waals surface area contributed by atoms with E-state index in [1.165, 1.54) is 21.8 Å². The number of thiophene rings is 1. The van der Waals surface area contributed by atoms with Crippen LogP contribution in [0.2, 0.25) is 0 Å². The minimum absolute atomic E-state index is 0.351. The van der Waals surface area contributed by atoms with Gasteiger partial charge in [0.25, 0.3) is 11.8 Å². The fourth-order valence-electron chi connectivity index (χ4n) is 3.36. The third-order valence-electron chi connectivity index (χ3n) is 4.73. The largest absolute Gasteiger partial charge is 0.439 e. The summed E-state index contributed by atoms with van der Waals surface area (Å²) in [4.78, 5) is 39.6. The molecule has 1 unspecified atom stereocenters. The van der Waals surface area contributed by atoms with E-state index in [4.69, 9.17) is 4.74 Å². The van der Waals surface area contributed by atoms with Gasteiger partial charge in [-0.2, -0.15) is 0 Å². The minimum Gasteiger partial charge on any atom is -0.439 e. The van der Waals surface area contributed by atoms with Crippen molar-refractivity contribution in [3.8, 4) is 0 Å². The van der Waals surface area contributed by atoms with Gasteiger partial charge in [0.15, 0.2) is 6.73 Å². The molecule has 2 amide bonds. The second-order valence-electron chi connectivity index (χ2n) is 6.55. The van der Waals surface area contributed by atoms with Crippen molar-refractivity contribution < 1.29 is 19.1 Å². The Kier molecular flexibility index (Phi) is 3.92. The molecule has 0 spiro atoms. The molecule has 1 aromatic heterocycles. The Morgan fingerprint density at radius 2 is 1.92 bits per heavy atom. The van der Waals surface area contributed by atoms with E-state index in [-0.39, 0.29) is 6.73 Å². The Balaban J connectivity index is 1.45. The van der Waals surface area contributed by atoms with Crippen molar-refractivity contribution in [3.63, 3.8) is 0 Å². The molecular weight excluding hydrogens is 338 g/mol. The summed E-state index contributed by atoms with van der Waals surface area (Å²) in [6.45, 7) is 1.85. The first-order valence-electron chi connectivity index (χ1n) is 8.28. The topological polar surface area (TPSA) is 63.7 Å². The number of benzene rings is 1. The predicted octanol–water partition coefficient (Wildman–Crippen LogP) is 3.28. The summed E-state index contributed by atoms with van der Waals surface area (Å²) in [7, 11) is 0. The lowest BCUT2D eigenvalue weighted by atomic mass is 9.90. The standard InChI is InChI=1S/C19H17NO4S/c1-11-6-7-15-12(8-11)9-16(25-15)19(23)24-10-20-17(21)13-4-2-3-5-14(13)18(20)22/h2-5,9,11H,6-8,10H2,1H3. The van der Waals surface area contributed by atoms with Crippen molar-refractivity contribution in [3.05, 3.63) is 56.8 Å². The van der Waals surface area contributed by atoms with Crippen molar-refractivity contribution in [1.82, 2.24) is 4.90 Å². The number of esters is 1. The van der Waals surface area contributed by atoms with E-state index in [0.717, 1.165) is 24.2 Å². The summed E-state index contributed by atoms with van der Waals surface area (Å²) >= 11 is 1.45. The normalized spacial score (nSPS) is 18.9. The van der Waals surface area contributed by atoms with E-state index >= 15 is 0 Å². The van der Waals surface area contributed by atoms with Gasteiger partial charge in [0.1, 0.15) is 4.88 Å². The molecule has 1 aliphatic heterocycles. The molecule has 0 bridgehead atoms. The van der Waals surface area contributed by atoms with E-state index in [1.54, 1.807) is 24.3 Å². The lowest BCUT2D eigenvalue weighted by Crippen LogP contribution is -2.33. The van der Waals surface area contributed by atoms with Crippen LogP contribution in [0.15, 0.2) is 30.3 Å². The van der Waals surface area contributed by atoms with Crippen molar-refractivity contribution in [1.29, 1.82) is 0 Å². The number of imide groups is 1. The Morgan fingerprint density at radius 1 is 1.24 bits per heavy atom. The van der Waals surface area contributed by atoms with Crippen LogP contribution < -0.4 is 0 Å². The number of ether oxygens (including phenoxy) is 1. The average Bonchev–Trinajstić information content (AvgIpc) is 3.13. The van der Waals surface area contributed by atoms with Crippen molar-refractivity contribution in [2.24, 2.45) is 5.92 Å². The fraction of sp³-hybridized carbons (Fsp3) is 0.316. The zero-order chi connectivity index (χ0) is 17.6. The summed E-state index contributed by atoms with van der Waals surface area (Å²) in [5, 5.41) is 0. The number of carbonyl (C=O) groups excluding carboxylic acids is 3. The highest BCUT2D eigenvalue weighted by Gasteiger charge is 2.36. The molecule has 1 aliphatic carbocycles. The highest BCUT2D eigenvalue weighted by Crippen LogP contribution is 2.32. The van der Waals surface area contributed by atoms with Crippen LogP contribution in [0, 0.1) is 5.92 Å². The third kappa shape index (κ3) is 2.76. The van der Waals surface area contributed by atoms with Gasteiger partial charge in [-0.3, -0.25) is 9.59 Å². The molecule has 6 heteroatoms. The number of fused-ring (bicyclic) bond motifs is 2. The van der Waals surface area contributed by atoms with Crippen LogP contribution in [0.25, 0.3) is 0 Å². The number of amides is 2. The number of nitrogens with zero attached hydrogens (tertiary/aromatic N) is 1. The third-order valence-corrected chi connectivity index (χ3v) is 5.95. The van der Waals surface area contributed by atoms with Crippen LogP contribution in [0.5, 0.6) is 0 Å². The molecule has 2 aliphatic rings. The SMILES string of the molecule is CC1CCc2sc(C(=O)OCN3C(=O)c4ccccc4C3=O)cc2C1. The molecule has 1 atom stereocenters. The van der Waals surface area contributed by atoms with Crippen LogP contribution in [0.1, 0.15) is 54.2 Å². The molecule has 128 valence electrons. The number of aryl methyl sites for hydroxylation is 1. The van der Waals surface area contributed by atoms with E-state index in [2.05, 4.69) is 6.92 Å². The van der Waals surface area contributed by atoms with Gasteiger partial charge in [0, 0.05) is 4.88 Å². The van der Waals surface area contributed by atoms with Crippen molar-refractivity contribution in [2.45, 2.75) is 26.2 Å². The Hall–Kier alpha value is -2.47. The van der Waals surface area contributed by atoms with Gasteiger partial charge in [0.2, 0.25) is 0 Å². The van der Waals surface area contributed by atoms with Crippen molar-refractivity contribution in [2.75, 3.05) is 6.73 Å². The maximum atomic E-state index is 12.3. The van der Waals surface area contributed by atoms with Crippen molar-refractivity contribution >= 4 is 29.1 Å². The first-order chi connectivity index (χ1) is 12.0. The average molecular weight is 355 g/mol. The van der Waals surface area contributed by atoms with Crippen LogP contribution in [-0.4, -0.2) is 29.4 Å². The maximum Gasteiger partial charge on any atom is 0.350 e. The Labute approximate surface area is 149 Å². The highest BCUT2D eigenvalue weighted by atomic mass is 32.1. The number of carbonyl (C=O) groups is 3. The summed E-state index contributed by atoms with van der Waals surface area (Å²) in [6.07, 6.45) is 3.11. The van der Waals surface area contributed by atoms with E-state index in [9.17, 15) is 14.4 Å². The van der Waals surface area contributed by atoms with Gasteiger partial charge < -0.3 is 4.74 Å². The molecule has 2 heterocycles. The zero-order valence-electron chi connectivity index (χ0n) is 13.8. The van der Waals surface area contributed by atoms with Crippen LogP contribution in [0.4, 0.5) is 0 Å². The maximum absolute atomic E-state index is 12.3. The van der Waals surface area contributed by atoms with Gasteiger partial charge in [-0.1, -0.05) is 19.1 Å². The van der Waals surface area contributed by atoms with Crippen LogP contribution in [0.3, 0.4) is 0 Å². The monoisotopic (exact) mass is 355 g/mol. The quantitative estimate of drug-likeness (QED) is 0.626. The first kappa shape index (κ1) is 16.0. The summed E-state index contributed by atoms with van der Waals surface area (Å²) in [5.41, 5.74) is 1.92. The summed E-state index contributed by atoms with van der Waals surface area (Å²) in [6, 6.07) is 8.51. The predicted molar refractivity (Wildman–Crippen MR) is 92.7 cm³/mol. The smallest absolute Gasteiger partial charge is 0.350 e. The number of hydrogen-bond donors (Lipinski definition) is 0. The van der Waals surface area contributed by atoms with Gasteiger partial charge >= 0.3 is 5.97 Å². The number of hydrogen-bond acceptors (Lipinski definition) is 5. The first-order valence-corrected chi connectivity index (χ1v) is 9.10. The Morgan fingerprint density at radius 3 is 2.60 bits per heavy atom. The van der Waals surface area contributed by atoms with Gasteiger partial charge in [-0.15, -0.1) is 11.3 Å². The molecule has 2 aromatic rings. The molecular formula is C19H17NO4S. The Bertz CT molecular complexity index is 850. The molecule has 0 saturated carbocycles. The summed E-state index contributed by atoms with van der Waals surface area (Å²) in [5.74, 6) is -0.701. The van der Waals surface area contributed by atoms with E-state index in [0.29, 0.717) is 21.9 Å². The second-order valence-corrected chi connectivity index (χ2v) is 7.69. The molecule has 0 fully saturated rings. The zero-order valence-corrected chi connectivity index (χ0v) is 14.6. The fourth-order valence-corrected chi connectivity index (χ4v) is 4.46. The minimum atomic E-state index is -0.483. The molecule has 1 aromatic carbocycles. The molecule has 5 nitrogen and oxygen atoms in total. The summed E-state index contributed by atoms with van der Waals surface area (Å²) < 4.78 is 5.24. The number of rotatable bonds is 3. The lowest BCUT2D eigenvalue weighted by molar-refractivity contribution is 0.0232. The second kappa shape index (κ2) is 6.11. The molecule has 0 radical (unpaired) electrons. The lowest BCUT2D eigenvalue weighted by Gasteiger charge is -2.16. The molecule has 25 heavy (non-hydrogen) atoms. The van der Waals surface area contributed by atoms with E-state index in [1.807, 2.05) is 6.07 Å². The molecule has 0 saturated heterocycles. The van der Waals surface area contributed by atoms with Crippen LogP contribution >= 0.6 is 11.3 Å². The van der Waals surface area contributed by atoms with E-state index < -0.39 is 17.8 Å². The molecule has 4 rings (SSSR count).